The maximum atomic E-state index is 11.8. The molecule has 3 rings (SSSR count). The topological polar surface area (TPSA) is 70.4 Å². The first-order valence-corrected chi connectivity index (χ1v) is 8.29. The summed E-state index contributed by atoms with van der Waals surface area (Å²) < 4.78 is 35.9. The number of benzene rings is 1. The van der Waals surface area contributed by atoms with Gasteiger partial charge in [0.15, 0.2) is 11.5 Å². The number of nitrogens with zero attached hydrogens (tertiary/aromatic N) is 2. The molecular formula is C12H11BrN2O4S. The largest absolute Gasteiger partial charge is 0.454 e. The molecule has 0 radical (unpaired) electrons. The van der Waals surface area contributed by atoms with Crippen molar-refractivity contribution >= 4 is 26.0 Å². The van der Waals surface area contributed by atoms with Crippen LogP contribution in [0.1, 0.15) is 6.92 Å². The second-order valence-corrected chi connectivity index (χ2v) is 7.16. The number of halogens is 1. The lowest BCUT2D eigenvalue weighted by Crippen LogP contribution is -2.14. The van der Waals surface area contributed by atoms with Gasteiger partial charge in [-0.25, -0.2) is 8.42 Å². The van der Waals surface area contributed by atoms with Crippen molar-refractivity contribution in [2.75, 3.05) is 12.5 Å². The first kappa shape index (κ1) is 13.4. The second kappa shape index (κ2) is 4.78. The minimum atomic E-state index is -3.38. The molecule has 0 fully saturated rings. The fourth-order valence-corrected chi connectivity index (χ4v) is 3.15. The van der Waals surface area contributed by atoms with Crippen LogP contribution in [0.2, 0.25) is 0 Å². The van der Waals surface area contributed by atoms with Gasteiger partial charge in [0.2, 0.25) is 6.79 Å². The molecule has 0 saturated carbocycles. The molecule has 1 aromatic heterocycles. The molecule has 0 amide bonds. The Kier molecular flexibility index (Phi) is 3.21. The summed E-state index contributed by atoms with van der Waals surface area (Å²) in [4.78, 5) is 0. The fourth-order valence-electron chi connectivity index (χ4n) is 1.87. The third-order valence-corrected chi connectivity index (χ3v) is 5.14. The normalized spacial score (nSPS) is 13.7. The second-order valence-electron chi connectivity index (χ2n) is 4.19. The Labute approximate surface area is 124 Å². The Morgan fingerprint density at radius 2 is 2.05 bits per heavy atom. The predicted octanol–water partition coefficient (Wildman–Crippen LogP) is 2.24. The van der Waals surface area contributed by atoms with Gasteiger partial charge >= 0.3 is 0 Å². The molecule has 0 N–H and O–H groups in total. The van der Waals surface area contributed by atoms with E-state index in [4.69, 9.17) is 9.47 Å². The van der Waals surface area contributed by atoms with Crippen molar-refractivity contribution < 1.29 is 17.9 Å². The molecule has 1 aliphatic rings. The lowest BCUT2D eigenvalue weighted by molar-refractivity contribution is 0.174. The number of rotatable bonds is 3. The van der Waals surface area contributed by atoms with Crippen LogP contribution in [-0.4, -0.2) is 30.1 Å². The zero-order chi connectivity index (χ0) is 14.3. The number of aromatic nitrogens is 2. The third kappa shape index (κ3) is 2.18. The Morgan fingerprint density at radius 3 is 2.75 bits per heavy atom. The molecule has 0 atom stereocenters. The molecule has 2 aromatic rings. The van der Waals surface area contributed by atoms with Crippen LogP contribution < -0.4 is 9.47 Å². The molecule has 6 nitrogen and oxygen atoms in total. The minimum Gasteiger partial charge on any atom is -0.454 e. The summed E-state index contributed by atoms with van der Waals surface area (Å²) in [5.74, 6) is 1.29. The first-order chi connectivity index (χ1) is 9.51. The van der Waals surface area contributed by atoms with Crippen molar-refractivity contribution in [2.45, 2.75) is 6.92 Å². The quantitative estimate of drug-likeness (QED) is 0.841. The average molecular weight is 359 g/mol. The highest BCUT2D eigenvalue weighted by molar-refractivity contribution is 9.10. The molecule has 0 unspecified atom stereocenters. The van der Waals surface area contributed by atoms with Crippen molar-refractivity contribution in [1.29, 1.82) is 0 Å². The van der Waals surface area contributed by atoms with E-state index in [-0.39, 0.29) is 12.5 Å². The van der Waals surface area contributed by atoms with Gasteiger partial charge in [0.05, 0.1) is 18.1 Å². The molecule has 0 aliphatic carbocycles. The van der Waals surface area contributed by atoms with Gasteiger partial charge in [0.25, 0.3) is 10.0 Å². The fraction of sp³-hybridized carbons (Fsp3) is 0.250. The Balaban J connectivity index is 2.06. The van der Waals surface area contributed by atoms with Gasteiger partial charge in [-0.3, -0.25) is 0 Å². The van der Waals surface area contributed by atoms with Crippen molar-refractivity contribution in [3.63, 3.8) is 0 Å². The van der Waals surface area contributed by atoms with Crippen molar-refractivity contribution in [3.8, 4) is 22.6 Å². The SMILES string of the molecule is CCS(=O)(=O)n1cc(-c2cc3c(cc2Br)OCO3)cn1. The maximum absolute atomic E-state index is 11.8. The van der Waals surface area contributed by atoms with Gasteiger partial charge < -0.3 is 9.47 Å². The number of ether oxygens (including phenoxy) is 2. The summed E-state index contributed by atoms with van der Waals surface area (Å²) in [5.41, 5.74) is 1.49. The highest BCUT2D eigenvalue weighted by Crippen LogP contribution is 2.40. The van der Waals surface area contributed by atoms with E-state index >= 15 is 0 Å². The standard InChI is InChI=1S/C12H11BrN2O4S/c1-2-20(16,17)15-6-8(5-14-15)9-3-11-12(4-10(9)13)19-7-18-11/h3-6H,2,7H2,1H3. The summed E-state index contributed by atoms with van der Waals surface area (Å²) in [5, 5.41) is 3.91. The van der Waals surface area contributed by atoms with E-state index in [0.29, 0.717) is 17.1 Å². The van der Waals surface area contributed by atoms with Crippen LogP contribution in [0.3, 0.4) is 0 Å². The van der Waals surface area contributed by atoms with Gasteiger partial charge in [-0.05, 0) is 19.1 Å². The summed E-state index contributed by atoms with van der Waals surface area (Å²) in [6.45, 7) is 1.77. The van der Waals surface area contributed by atoms with Crippen LogP contribution in [-0.2, 0) is 10.0 Å². The van der Waals surface area contributed by atoms with Crippen LogP contribution in [0.4, 0.5) is 0 Å². The molecule has 0 saturated heterocycles. The van der Waals surface area contributed by atoms with Gasteiger partial charge in [0.1, 0.15) is 0 Å². The lowest BCUT2D eigenvalue weighted by atomic mass is 10.1. The summed E-state index contributed by atoms with van der Waals surface area (Å²) in [6, 6.07) is 3.59. The third-order valence-electron chi connectivity index (χ3n) is 2.98. The number of hydrogen-bond acceptors (Lipinski definition) is 5. The van der Waals surface area contributed by atoms with Crippen LogP contribution in [0.25, 0.3) is 11.1 Å². The van der Waals surface area contributed by atoms with Crippen LogP contribution in [0.5, 0.6) is 11.5 Å². The van der Waals surface area contributed by atoms with Crippen LogP contribution in [0, 0.1) is 0 Å². The summed E-state index contributed by atoms with van der Waals surface area (Å²) >= 11 is 3.44. The molecule has 0 spiro atoms. The molecule has 8 heteroatoms. The van der Waals surface area contributed by atoms with E-state index in [0.717, 1.165) is 14.1 Å². The predicted molar refractivity (Wildman–Crippen MR) is 76.3 cm³/mol. The summed E-state index contributed by atoms with van der Waals surface area (Å²) in [6.07, 6.45) is 3.00. The van der Waals surface area contributed by atoms with Gasteiger partial charge in [-0.1, -0.05) is 15.9 Å². The smallest absolute Gasteiger partial charge is 0.253 e. The zero-order valence-electron chi connectivity index (χ0n) is 10.5. The van der Waals surface area contributed by atoms with E-state index in [1.54, 1.807) is 19.1 Å². The van der Waals surface area contributed by atoms with E-state index in [2.05, 4.69) is 21.0 Å². The minimum absolute atomic E-state index is 0.00354. The molecule has 2 heterocycles. The summed E-state index contributed by atoms with van der Waals surface area (Å²) in [7, 11) is -3.38. The van der Waals surface area contributed by atoms with Gasteiger partial charge in [0, 0.05) is 15.6 Å². The van der Waals surface area contributed by atoms with Gasteiger partial charge in [-0.15, -0.1) is 0 Å². The van der Waals surface area contributed by atoms with E-state index in [1.165, 1.54) is 12.4 Å². The molecule has 1 aromatic carbocycles. The molecule has 0 bridgehead atoms. The Bertz CT molecular complexity index is 770. The van der Waals surface area contributed by atoms with E-state index in [9.17, 15) is 8.42 Å². The highest BCUT2D eigenvalue weighted by Gasteiger charge is 2.19. The van der Waals surface area contributed by atoms with Crippen LogP contribution >= 0.6 is 15.9 Å². The maximum Gasteiger partial charge on any atom is 0.253 e. The average Bonchev–Trinajstić information content (AvgIpc) is 3.05. The Hall–Kier alpha value is -1.54. The number of fused-ring (bicyclic) bond motifs is 1. The Morgan fingerprint density at radius 1 is 1.35 bits per heavy atom. The van der Waals surface area contributed by atoms with Crippen molar-refractivity contribution in [2.24, 2.45) is 0 Å². The number of hydrogen-bond donors (Lipinski definition) is 0. The van der Waals surface area contributed by atoms with Crippen molar-refractivity contribution in [1.82, 2.24) is 9.19 Å². The molecule has 20 heavy (non-hydrogen) atoms. The molecular weight excluding hydrogens is 348 g/mol. The van der Waals surface area contributed by atoms with E-state index in [1.807, 2.05) is 0 Å². The molecule has 106 valence electrons. The molecule has 1 aliphatic heterocycles. The lowest BCUT2D eigenvalue weighted by Gasteiger charge is -2.04. The van der Waals surface area contributed by atoms with Crippen LogP contribution in [0.15, 0.2) is 29.0 Å². The zero-order valence-corrected chi connectivity index (χ0v) is 12.9. The monoisotopic (exact) mass is 358 g/mol. The first-order valence-electron chi connectivity index (χ1n) is 5.88. The van der Waals surface area contributed by atoms with Crippen molar-refractivity contribution in [3.05, 3.63) is 29.0 Å². The van der Waals surface area contributed by atoms with E-state index < -0.39 is 10.0 Å². The highest BCUT2D eigenvalue weighted by atomic mass is 79.9. The van der Waals surface area contributed by atoms with Gasteiger partial charge in [-0.2, -0.15) is 9.19 Å².